The van der Waals surface area contributed by atoms with Gasteiger partial charge in [0.2, 0.25) is 0 Å². The summed E-state index contributed by atoms with van der Waals surface area (Å²) < 4.78 is 103. The number of hydrogen-bond acceptors (Lipinski definition) is 12. The van der Waals surface area contributed by atoms with Crippen molar-refractivity contribution in [3.05, 3.63) is 0 Å². The summed E-state index contributed by atoms with van der Waals surface area (Å²) in [7, 11) is 0. The summed E-state index contributed by atoms with van der Waals surface area (Å²) in [6.45, 7) is 0. The first-order chi connectivity index (χ1) is 6.00. The molecule has 17 heteroatoms. The molecule has 114 valence electrons. The zero-order valence-corrected chi connectivity index (χ0v) is 15.5. The maximum absolute atomic E-state index is 8.59. The van der Waals surface area contributed by atoms with Gasteiger partial charge in [0, 0.05) is 0 Å². The molecule has 0 aliphatic heterocycles. The van der Waals surface area contributed by atoms with E-state index in [0.29, 0.717) is 0 Å². The van der Waals surface area contributed by atoms with Crippen molar-refractivity contribution in [1.82, 2.24) is 0 Å². The molecule has 0 atom stereocenters. The first kappa shape index (κ1) is 31.8. The van der Waals surface area contributed by atoms with Gasteiger partial charge < -0.3 is 0 Å². The molecule has 0 aliphatic rings. The molecule has 2 radical (unpaired) electrons. The van der Waals surface area contributed by atoms with Gasteiger partial charge in [-0.3, -0.25) is 0 Å². The predicted octanol–water partition coefficient (Wildman–Crippen LogP) is -8.99. The molecule has 0 spiro atoms. The van der Waals surface area contributed by atoms with Crippen LogP contribution < -0.4 is 25.1 Å². The van der Waals surface area contributed by atoms with Gasteiger partial charge in [0.05, 0.1) is 0 Å². The molecule has 0 aromatic carbocycles. The molecule has 0 saturated heterocycles. The van der Waals surface area contributed by atoms with Gasteiger partial charge in [-0.25, -0.2) is 0 Å². The summed E-state index contributed by atoms with van der Waals surface area (Å²) in [4.78, 5) is 0. The molecule has 12 nitrogen and oxygen atoms in total. The maximum atomic E-state index is 8.59. The van der Waals surface area contributed by atoms with Crippen LogP contribution in [-0.4, -0.2) is 40.1 Å². The minimum absolute atomic E-state index is 0. The third-order valence-corrected chi connectivity index (χ3v) is 0. The topological polar surface area (TPSA) is 241 Å². The van der Waals surface area contributed by atoms with Crippen LogP contribution in [0.1, 0.15) is 0 Å². The zero-order valence-electron chi connectivity index (χ0n) is 6.70. The quantitative estimate of drug-likeness (QED) is 0.209. The average molecular weight is 763 g/mol. The second-order valence-electron chi connectivity index (χ2n) is 1.22. The number of hydrogen-bond donors (Lipinski definition) is 0. The van der Waals surface area contributed by atoms with Gasteiger partial charge in [-0.15, -0.1) is 0 Å². The summed E-state index contributed by atoms with van der Waals surface area (Å²) in [5, 5.41) is 0. The van der Waals surface area contributed by atoms with E-state index in [1.54, 1.807) is 0 Å². The summed E-state index contributed by atoms with van der Waals surface area (Å²) >= 11 is -17.2. The molecule has 0 bridgehead atoms. The Labute approximate surface area is 160 Å². The van der Waals surface area contributed by atoms with Crippen molar-refractivity contribution >= 4 is 40.1 Å². The Bertz CT molecular complexity index is 341. The largest absolute Gasteiger partial charge is 3.00 e. The Hall–Kier alpha value is 2.61. The van der Waals surface area contributed by atoms with E-state index in [9.17, 15) is 0 Å². The minimum atomic E-state index is -5.75. The van der Waals surface area contributed by atoms with E-state index >= 15 is 0 Å². The standard InChI is InChI=1S/2Er.3H2O4Se/c;;3*1-5(2,3)4/h;;3*(H2,1,2,3,4)/q2*+3;;;/p-6. The van der Waals surface area contributed by atoms with Crippen LogP contribution in [0.4, 0.5) is 0 Å². The molecule has 0 rings (SSSR count). The van der Waals surface area contributed by atoms with Crippen LogP contribution in [0, 0.1) is 74.6 Å². The average Bonchev–Trinajstić information content (AvgIpc) is 1.41. The van der Waals surface area contributed by atoms with Gasteiger partial charge in [0.15, 0.2) is 0 Å². The van der Waals surface area contributed by atoms with E-state index in [1.165, 1.54) is 0 Å². The van der Waals surface area contributed by atoms with Crippen molar-refractivity contribution < 1.29 is 123 Å². The van der Waals surface area contributed by atoms with E-state index in [-0.39, 0.29) is 74.6 Å². The molecule has 0 N–H and O–H groups in total. The molecule has 0 fully saturated rings. The molecule has 17 heavy (non-hydrogen) atoms. The van der Waals surface area contributed by atoms with Gasteiger partial charge in [-0.05, 0) is 0 Å². The van der Waals surface area contributed by atoms with Crippen molar-refractivity contribution in [3.63, 3.8) is 0 Å². The van der Waals surface area contributed by atoms with Crippen LogP contribution in [0.3, 0.4) is 0 Å². The Morgan fingerprint density at radius 2 is 0.412 bits per heavy atom. The molecular weight excluding hydrogens is 763 g/mol. The minimum Gasteiger partial charge on any atom is 3.00 e. The fourth-order valence-corrected chi connectivity index (χ4v) is 0. The van der Waals surface area contributed by atoms with Gasteiger partial charge >= 0.3 is 163 Å². The molecule has 0 unspecified atom stereocenters. The van der Waals surface area contributed by atoms with Crippen LogP contribution in [0.15, 0.2) is 0 Å². The van der Waals surface area contributed by atoms with E-state index in [1.807, 2.05) is 0 Å². The molecule has 0 aromatic rings. The summed E-state index contributed by atoms with van der Waals surface area (Å²) in [5.74, 6) is 0. The van der Waals surface area contributed by atoms with Crippen molar-refractivity contribution in [2.75, 3.05) is 0 Å². The normalized spacial score (nSPS) is 10.2. The molecule has 0 saturated carbocycles. The van der Waals surface area contributed by atoms with Gasteiger partial charge in [0.25, 0.3) is 0 Å². The third kappa shape index (κ3) is 753. The molecule has 0 heterocycles. The van der Waals surface area contributed by atoms with Gasteiger partial charge in [-0.1, -0.05) is 0 Å². The van der Waals surface area contributed by atoms with E-state index in [0.717, 1.165) is 0 Å². The maximum Gasteiger partial charge on any atom is 3.00 e. The van der Waals surface area contributed by atoms with Crippen LogP contribution in [-0.2, 0) is 23.0 Å². The Morgan fingerprint density at radius 3 is 0.412 bits per heavy atom. The van der Waals surface area contributed by atoms with Crippen molar-refractivity contribution in [2.24, 2.45) is 0 Å². The number of rotatable bonds is 0. The van der Waals surface area contributed by atoms with Crippen molar-refractivity contribution in [1.29, 1.82) is 0 Å². The first-order valence-electron chi connectivity index (χ1n) is 2.00. The monoisotopic (exact) mass is 764 g/mol. The van der Waals surface area contributed by atoms with E-state index < -0.39 is 40.1 Å². The SMILES string of the molecule is O=[Se](=O)([O-])[O-].O=[Se](=O)([O-])[O-].O=[Se](=O)([O-])[O-].[Er+3].[Er+3]. The predicted molar refractivity (Wildman–Crippen MR) is 21.4 cm³/mol. The summed E-state index contributed by atoms with van der Waals surface area (Å²) in [5.41, 5.74) is 0. The fraction of sp³-hybridized carbons (Fsp3) is 0. The molecular formula is Er2O12Se3. The van der Waals surface area contributed by atoms with Gasteiger partial charge in [-0.2, -0.15) is 0 Å². The fourth-order valence-electron chi connectivity index (χ4n) is 0. The van der Waals surface area contributed by atoms with E-state index in [2.05, 4.69) is 0 Å². The van der Waals surface area contributed by atoms with Crippen LogP contribution in [0.25, 0.3) is 0 Å². The molecule has 0 aliphatic carbocycles. The summed E-state index contributed by atoms with van der Waals surface area (Å²) in [6, 6.07) is 0. The molecule has 0 aromatic heterocycles. The second kappa shape index (κ2) is 13.6. The Balaban J connectivity index is -0.0000000400. The third-order valence-electron chi connectivity index (χ3n) is 0. The Morgan fingerprint density at radius 1 is 0.412 bits per heavy atom. The molecule has 0 amide bonds. The Kier molecular flexibility index (Phi) is 25.4. The summed E-state index contributed by atoms with van der Waals surface area (Å²) in [6.07, 6.45) is 0. The van der Waals surface area contributed by atoms with Crippen molar-refractivity contribution in [3.8, 4) is 0 Å². The van der Waals surface area contributed by atoms with Gasteiger partial charge in [0.1, 0.15) is 0 Å². The van der Waals surface area contributed by atoms with E-state index in [4.69, 9.17) is 48.1 Å². The zero-order chi connectivity index (χ0) is 13.5. The van der Waals surface area contributed by atoms with Crippen molar-refractivity contribution in [2.45, 2.75) is 0 Å². The smallest absolute Gasteiger partial charge is 3.00 e. The van der Waals surface area contributed by atoms with Crippen LogP contribution in [0.5, 0.6) is 0 Å². The first-order valence-corrected chi connectivity index (χ1v) is 10.4. The second-order valence-corrected chi connectivity index (χ2v) is 6.36. The van der Waals surface area contributed by atoms with Crippen LogP contribution in [0.2, 0.25) is 0 Å². The van der Waals surface area contributed by atoms with Crippen LogP contribution >= 0.6 is 0 Å².